The van der Waals surface area contributed by atoms with Crippen molar-refractivity contribution in [2.24, 2.45) is 10.7 Å². The third kappa shape index (κ3) is 4.54. The van der Waals surface area contributed by atoms with Crippen molar-refractivity contribution in [1.29, 1.82) is 0 Å². The summed E-state index contributed by atoms with van der Waals surface area (Å²) in [5.74, 6) is 0.539. The van der Waals surface area contributed by atoms with Crippen LogP contribution in [0.1, 0.15) is 30.9 Å². The molecular formula is C15H25IN4. The number of benzene rings is 1. The first-order chi connectivity index (χ1) is 9.20. The number of hydrogen-bond donors (Lipinski definition) is 2. The summed E-state index contributed by atoms with van der Waals surface area (Å²) in [6.45, 7) is 4.79. The fourth-order valence-corrected chi connectivity index (χ4v) is 2.42. The summed E-state index contributed by atoms with van der Waals surface area (Å²) >= 11 is 0. The molecule has 0 unspecified atom stereocenters. The van der Waals surface area contributed by atoms with Gasteiger partial charge >= 0.3 is 0 Å². The van der Waals surface area contributed by atoms with Crippen molar-refractivity contribution in [2.45, 2.75) is 32.7 Å². The topological polar surface area (TPSA) is 53.6 Å². The minimum Gasteiger partial charge on any atom is -0.374 e. The number of nitrogens with two attached hydrogens (primary N) is 1. The summed E-state index contributed by atoms with van der Waals surface area (Å²) < 4.78 is 0. The lowest BCUT2D eigenvalue weighted by atomic mass is 10.00. The van der Waals surface area contributed by atoms with Crippen LogP contribution >= 0.6 is 24.0 Å². The van der Waals surface area contributed by atoms with Gasteiger partial charge in [0.25, 0.3) is 0 Å². The predicted octanol–water partition coefficient (Wildman–Crippen LogP) is 2.50. The molecule has 1 aliphatic rings. The average molecular weight is 388 g/mol. The van der Waals surface area contributed by atoms with Crippen LogP contribution in [-0.2, 0) is 13.0 Å². The molecule has 0 atom stereocenters. The fourth-order valence-electron chi connectivity index (χ4n) is 2.42. The van der Waals surface area contributed by atoms with E-state index < -0.39 is 0 Å². The monoisotopic (exact) mass is 388 g/mol. The molecule has 4 nitrogen and oxygen atoms in total. The zero-order chi connectivity index (χ0) is 13.7. The summed E-state index contributed by atoms with van der Waals surface area (Å²) in [6, 6.07) is 6.62. The quantitative estimate of drug-likeness (QED) is 0.474. The van der Waals surface area contributed by atoms with Crippen molar-refractivity contribution in [3.05, 3.63) is 29.3 Å². The molecule has 0 fully saturated rings. The maximum absolute atomic E-state index is 5.80. The number of halogens is 1. The molecule has 112 valence electrons. The smallest absolute Gasteiger partial charge is 0.188 e. The summed E-state index contributed by atoms with van der Waals surface area (Å²) in [5.41, 5.74) is 9.82. The van der Waals surface area contributed by atoms with E-state index in [4.69, 9.17) is 5.73 Å². The Morgan fingerprint density at radius 2 is 2.25 bits per heavy atom. The van der Waals surface area contributed by atoms with E-state index in [0.29, 0.717) is 12.5 Å². The van der Waals surface area contributed by atoms with Crippen molar-refractivity contribution >= 4 is 35.6 Å². The SMILES string of the molecule is CCCNC(N)=NCc1ccc2c(c1)CCCN2C.I. The molecule has 0 bridgehead atoms. The highest BCUT2D eigenvalue weighted by Crippen LogP contribution is 2.26. The van der Waals surface area contributed by atoms with Crippen molar-refractivity contribution in [3.63, 3.8) is 0 Å². The van der Waals surface area contributed by atoms with E-state index in [1.165, 1.54) is 29.7 Å². The number of aliphatic imine (C=N–C) groups is 1. The van der Waals surface area contributed by atoms with Crippen LogP contribution in [0.2, 0.25) is 0 Å². The molecule has 0 radical (unpaired) electrons. The predicted molar refractivity (Wildman–Crippen MR) is 97.1 cm³/mol. The second-order valence-corrected chi connectivity index (χ2v) is 5.12. The maximum atomic E-state index is 5.80. The first-order valence-corrected chi connectivity index (χ1v) is 7.07. The lowest BCUT2D eigenvalue weighted by molar-refractivity contribution is 0.742. The number of nitrogens with one attached hydrogen (secondary N) is 1. The number of aryl methyl sites for hydroxylation is 1. The van der Waals surface area contributed by atoms with Crippen LogP contribution in [0.3, 0.4) is 0 Å². The van der Waals surface area contributed by atoms with Crippen LogP contribution in [0.5, 0.6) is 0 Å². The highest BCUT2D eigenvalue weighted by atomic mass is 127. The molecule has 2 rings (SSSR count). The van der Waals surface area contributed by atoms with Gasteiger partial charge in [0.2, 0.25) is 0 Å². The number of guanidine groups is 1. The van der Waals surface area contributed by atoms with E-state index in [9.17, 15) is 0 Å². The first-order valence-electron chi connectivity index (χ1n) is 7.07. The molecule has 0 saturated carbocycles. The van der Waals surface area contributed by atoms with Gasteiger partial charge in [-0.15, -0.1) is 24.0 Å². The maximum Gasteiger partial charge on any atom is 0.188 e. The Balaban J connectivity index is 0.00000200. The van der Waals surface area contributed by atoms with Crippen LogP contribution in [0.25, 0.3) is 0 Å². The molecule has 0 aromatic heterocycles. The number of rotatable bonds is 4. The Morgan fingerprint density at radius 1 is 1.45 bits per heavy atom. The fraction of sp³-hybridized carbons (Fsp3) is 0.533. The van der Waals surface area contributed by atoms with Gasteiger partial charge in [-0.3, -0.25) is 0 Å². The first kappa shape index (κ1) is 17.1. The Labute approximate surface area is 138 Å². The van der Waals surface area contributed by atoms with Crippen LogP contribution in [0.15, 0.2) is 23.2 Å². The van der Waals surface area contributed by atoms with Crippen molar-refractivity contribution in [2.75, 3.05) is 25.0 Å². The van der Waals surface area contributed by atoms with E-state index >= 15 is 0 Å². The number of anilines is 1. The van der Waals surface area contributed by atoms with Crippen LogP contribution in [0.4, 0.5) is 5.69 Å². The molecule has 0 amide bonds. The molecule has 0 aliphatic carbocycles. The van der Waals surface area contributed by atoms with Crippen molar-refractivity contribution in [3.8, 4) is 0 Å². The van der Waals surface area contributed by atoms with Gasteiger partial charge in [0, 0.05) is 25.8 Å². The van der Waals surface area contributed by atoms with Crippen LogP contribution < -0.4 is 16.0 Å². The molecule has 5 heteroatoms. The molecule has 0 spiro atoms. The normalized spacial score (nSPS) is 14.5. The minimum atomic E-state index is 0. The number of nitrogens with zero attached hydrogens (tertiary/aromatic N) is 2. The number of fused-ring (bicyclic) bond motifs is 1. The van der Waals surface area contributed by atoms with Gasteiger partial charge in [-0.25, -0.2) is 4.99 Å². The van der Waals surface area contributed by atoms with E-state index in [2.05, 4.69) is 47.4 Å². The Morgan fingerprint density at radius 3 is 3.00 bits per heavy atom. The van der Waals surface area contributed by atoms with E-state index in [1.807, 2.05) is 0 Å². The van der Waals surface area contributed by atoms with E-state index in [1.54, 1.807) is 0 Å². The molecule has 1 heterocycles. The van der Waals surface area contributed by atoms with Gasteiger partial charge in [-0.05, 0) is 36.5 Å². The van der Waals surface area contributed by atoms with E-state index in [0.717, 1.165) is 19.5 Å². The lowest BCUT2D eigenvalue weighted by Gasteiger charge is -2.27. The second kappa shape index (κ2) is 8.34. The Hall–Kier alpha value is -0.980. The highest BCUT2D eigenvalue weighted by Gasteiger charge is 2.13. The van der Waals surface area contributed by atoms with E-state index in [-0.39, 0.29) is 24.0 Å². The third-order valence-electron chi connectivity index (χ3n) is 3.48. The molecule has 1 aliphatic heterocycles. The average Bonchev–Trinajstić information content (AvgIpc) is 2.43. The zero-order valence-corrected chi connectivity index (χ0v) is 14.7. The molecular weight excluding hydrogens is 363 g/mol. The zero-order valence-electron chi connectivity index (χ0n) is 12.4. The van der Waals surface area contributed by atoms with Gasteiger partial charge in [0.05, 0.1) is 6.54 Å². The molecule has 20 heavy (non-hydrogen) atoms. The molecule has 0 saturated heterocycles. The van der Waals surface area contributed by atoms with Crippen molar-refractivity contribution < 1.29 is 0 Å². The molecule has 1 aromatic carbocycles. The summed E-state index contributed by atoms with van der Waals surface area (Å²) in [5, 5.41) is 3.09. The molecule has 1 aromatic rings. The Kier molecular flexibility index (Phi) is 7.12. The summed E-state index contributed by atoms with van der Waals surface area (Å²) in [4.78, 5) is 6.69. The van der Waals surface area contributed by atoms with Crippen LogP contribution in [0, 0.1) is 0 Å². The van der Waals surface area contributed by atoms with Gasteiger partial charge in [-0.1, -0.05) is 19.1 Å². The van der Waals surface area contributed by atoms with Gasteiger partial charge in [0.15, 0.2) is 5.96 Å². The van der Waals surface area contributed by atoms with Crippen molar-refractivity contribution in [1.82, 2.24) is 5.32 Å². The summed E-state index contributed by atoms with van der Waals surface area (Å²) in [6.07, 6.45) is 3.46. The van der Waals surface area contributed by atoms with Crippen LogP contribution in [-0.4, -0.2) is 26.1 Å². The standard InChI is InChI=1S/C15H24N4.HI/c1-3-8-17-15(16)18-11-12-6-7-14-13(10-12)5-4-9-19(14)2;/h6-7,10H,3-5,8-9,11H2,1-2H3,(H3,16,17,18);1H. The highest BCUT2D eigenvalue weighted by molar-refractivity contribution is 14.0. The van der Waals surface area contributed by atoms with Gasteiger partial charge in [0.1, 0.15) is 0 Å². The van der Waals surface area contributed by atoms with Gasteiger partial charge in [-0.2, -0.15) is 0 Å². The second-order valence-electron chi connectivity index (χ2n) is 5.12. The largest absolute Gasteiger partial charge is 0.374 e. The molecule has 3 N–H and O–H groups in total. The third-order valence-corrected chi connectivity index (χ3v) is 3.48. The number of hydrogen-bond acceptors (Lipinski definition) is 2. The summed E-state index contributed by atoms with van der Waals surface area (Å²) in [7, 11) is 2.16. The Bertz CT molecular complexity index is 459. The minimum absolute atomic E-state index is 0. The lowest BCUT2D eigenvalue weighted by Crippen LogP contribution is -2.32. The van der Waals surface area contributed by atoms with Gasteiger partial charge < -0.3 is 16.0 Å².